The maximum atomic E-state index is 12.2. The Kier molecular flexibility index (Phi) is 9.09. The highest BCUT2D eigenvalue weighted by Gasteiger charge is 2.38. The molecule has 1 aromatic rings. The summed E-state index contributed by atoms with van der Waals surface area (Å²) >= 11 is 1.34. The quantitative estimate of drug-likeness (QED) is 0.705. The molecule has 1 saturated heterocycles. The van der Waals surface area contributed by atoms with Gasteiger partial charge in [-0.3, -0.25) is 4.79 Å². The number of carboxylic acid groups (broad SMARTS) is 1. The van der Waals surface area contributed by atoms with Crippen molar-refractivity contribution in [3.8, 4) is 0 Å². The number of rotatable bonds is 2. The number of ether oxygens (including phenoxy) is 1. The molecular weight excluding hydrogens is 427 g/mol. The number of carbonyl (C=O) groups is 3. The highest BCUT2D eigenvalue weighted by Crippen LogP contribution is 2.27. The molecule has 1 unspecified atom stereocenters. The van der Waals surface area contributed by atoms with Gasteiger partial charge in [0.05, 0.1) is 11.9 Å². The number of aliphatic carboxylic acids is 1. The van der Waals surface area contributed by atoms with E-state index in [0.717, 1.165) is 18.5 Å². The fourth-order valence-corrected chi connectivity index (χ4v) is 3.25. The van der Waals surface area contributed by atoms with Crippen molar-refractivity contribution >= 4 is 35.0 Å². The summed E-state index contributed by atoms with van der Waals surface area (Å²) in [7, 11) is 0. The first-order chi connectivity index (χ1) is 13.7. The van der Waals surface area contributed by atoms with Crippen LogP contribution in [0.1, 0.15) is 39.8 Å². The Bertz CT molecular complexity index is 800. The minimum atomic E-state index is -5.08. The van der Waals surface area contributed by atoms with Gasteiger partial charge in [0, 0.05) is 18.7 Å². The largest absolute Gasteiger partial charge is 0.490 e. The molecule has 1 aliphatic heterocycles. The van der Waals surface area contributed by atoms with Gasteiger partial charge in [-0.2, -0.15) is 13.2 Å². The third-order valence-electron chi connectivity index (χ3n) is 3.47. The third kappa shape index (κ3) is 8.99. The number of alkyl halides is 3. The van der Waals surface area contributed by atoms with E-state index in [9.17, 15) is 22.8 Å². The van der Waals surface area contributed by atoms with Crippen LogP contribution >= 0.6 is 11.8 Å². The molecule has 168 valence electrons. The topological polar surface area (TPSA) is 111 Å². The maximum Gasteiger partial charge on any atom is 0.490 e. The average molecular weight is 451 g/mol. The molecule has 2 N–H and O–H groups in total. The molecule has 2 heterocycles. The first-order valence-electron chi connectivity index (χ1n) is 8.85. The lowest BCUT2D eigenvalue weighted by atomic mass is 10.0. The van der Waals surface area contributed by atoms with E-state index in [0.29, 0.717) is 12.2 Å². The molecule has 2 rings (SSSR count). The first-order valence-corrected chi connectivity index (χ1v) is 9.73. The molecule has 1 aliphatic rings. The molecule has 30 heavy (non-hydrogen) atoms. The SMILES string of the molecule is CC(=O)SC1CCNCC1=Cc1cncn1C(=O)OC(C)(C)C.O=C(O)C(F)(F)F. The molecule has 1 atom stereocenters. The van der Waals surface area contributed by atoms with Gasteiger partial charge in [0.25, 0.3) is 0 Å². The van der Waals surface area contributed by atoms with Gasteiger partial charge < -0.3 is 15.2 Å². The van der Waals surface area contributed by atoms with Crippen molar-refractivity contribution in [2.45, 2.75) is 51.1 Å². The van der Waals surface area contributed by atoms with Crippen LogP contribution in [0.15, 0.2) is 18.1 Å². The van der Waals surface area contributed by atoms with Crippen molar-refractivity contribution in [2.75, 3.05) is 13.1 Å². The molecule has 0 aliphatic carbocycles. The van der Waals surface area contributed by atoms with E-state index in [-0.39, 0.29) is 10.4 Å². The number of hydrogen-bond acceptors (Lipinski definition) is 7. The van der Waals surface area contributed by atoms with E-state index in [2.05, 4.69) is 10.3 Å². The molecule has 0 saturated carbocycles. The monoisotopic (exact) mass is 451 g/mol. The van der Waals surface area contributed by atoms with Gasteiger partial charge in [-0.1, -0.05) is 11.8 Å². The molecule has 0 spiro atoms. The molecule has 1 fully saturated rings. The average Bonchev–Trinajstić information content (AvgIpc) is 3.02. The Morgan fingerprint density at radius 1 is 1.33 bits per heavy atom. The summed E-state index contributed by atoms with van der Waals surface area (Å²) < 4.78 is 38.5. The Balaban J connectivity index is 0.000000553. The lowest BCUT2D eigenvalue weighted by Crippen LogP contribution is -2.32. The molecule has 12 heteroatoms. The van der Waals surface area contributed by atoms with Crippen LogP contribution in [0.2, 0.25) is 0 Å². The van der Waals surface area contributed by atoms with Gasteiger partial charge in [-0.25, -0.2) is 19.1 Å². The number of imidazole rings is 1. The zero-order valence-corrected chi connectivity index (χ0v) is 17.8. The lowest BCUT2D eigenvalue weighted by molar-refractivity contribution is -0.192. The number of carbonyl (C=O) groups excluding carboxylic acids is 2. The second-order valence-electron chi connectivity index (χ2n) is 7.25. The van der Waals surface area contributed by atoms with E-state index >= 15 is 0 Å². The van der Waals surface area contributed by atoms with Crippen LogP contribution in [0.4, 0.5) is 18.0 Å². The number of thioether (sulfide) groups is 1. The van der Waals surface area contributed by atoms with E-state index < -0.39 is 23.8 Å². The molecular formula is C18H24F3N3O5S. The Hall–Kier alpha value is -2.34. The van der Waals surface area contributed by atoms with Crippen molar-refractivity contribution < 1.29 is 37.4 Å². The van der Waals surface area contributed by atoms with E-state index in [1.165, 1.54) is 22.7 Å². The van der Waals surface area contributed by atoms with Crippen molar-refractivity contribution in [3.63, 3.8) is 0 Å². The smallest absolute Gasteiger partial charge is 0.475 e. The van der Waals surface area contributed by atoms with Crippen molar-refractivity contribution in [1.82, 2.24) is 14.9 Å². The van der Waals surface area contributed by atoms with Crippen LogP contribution in [-0.2, 0) is 14.3 Å². The van der Waals surface area contributed by atoms with Gasteiger partial charge in [-0.15, -0.1) is 0 Å². The summed E-state index contributed by atoms with van der Waals surface area (Å²) in [5.41, 5.74) is 1.18. The zero-order chi connectivity index (χ0) is 23.1. The van der Waals surface area contributed by atoms with Gasteiger partial charge in [0.15, 0.2) is 5.12 Å². The lowest BCUT2D eigenvalue weighted by Gasteiger charge is -2.25. The number of aromatic nitrogens is 2. The van der Waals surface area contributed by atoms with Crippen molar-refractivity contribution in [2.24, 2.45) is 0 Å². The second kappa shape index (κ2) is 10.6. The summed E-state index contributed by atoms with van der Waals surface area (Å²) in [6, 6.07) is 0. The molecule has 0 aromatic carbocycles. The minimum Gasteiger partial charge on any atom is -0.475 e. The van der Waals surface area contributed by atoms with Crippen LogP contribution in [0.5, 0.6) is 0 Å². The fourth-order valence-electron chi connectivity index (χ4n) is 2.31. The standard InChI is InChI=1S/C16H23N3O3S.C2HF3O2/c1-11(20)23-14-5-6-17-8-12(14)7-13-9-18-10-19(13)15(21)22-16(2,3)4;3-2(4,5)1(6)7/h7,9-10,14,17H,5-6,8H2,1-4H3;(H,6,7). The fraction of sp³-hybridized carbons (Fsp3) is 0.556. The second-order valence-corrected chi connectivity index (χ2v) is 8.63. The summed E-state index contributed by atoms with van der Waals surface area (Å²) in [5, 5.41) is 10.7. The molecule has 0 radical (unpaired) electrons. The highest BCUT2D eigenvalue weighted by atomic mass is 32.2. The number of piperidine rings is 1. The van der Waals surface area contributed by atoms with E-state index in [1.54, 1.807) is 13.1 Å². The van der Waals surface area contributed by atoms with Crippen LogP contribution in [0, 0.1) is 0 Å². The Labute approximate surface area is 175 Å². The van der Waals surface area contributed by atoms with Gasteiger partial charge in [-0.05, 0) is 45.4 Å². The third-order valence-corrected chi connectivity index (χ3v) is 4.62. The normalized spacial score (nSPS) is 18.4. The molecule has 1 aromatic heterocycles. The molecule has 0 amide bonds. The first kappa shape index (κ1) is 25.7. The van der Waals surface area contributed by atoms with E-state index in [1.807, 2.05) is 26.8 Å². The van der Waals surface area contributed by atoms with Crippen LogP contribution in [0.25, 0.3) is 6.08 Å². The van der Waals surface area contributed by atoms with Crippen LogP contribution in [0.3, 0.4) is 0 Å². The molecule has 0 bridgehead atoms. The number of nitrogens with zero attached hydrogens (tertiary/aromatic N) is 2. The van der Waals surface area contributed by atoms with Gasteiger partial charge in [0.1, 0.15) is 11.9 Å². The Morgan fingerprint density at radius 3 is 2.43 bits per heavy atom. The predicted molar refractivity (Wildman–Crippen MR) is 105 cm³/mol. The zero-order valence-electron chi connectivity index (χ0n) is 16.9. The minimum absolute atomic E-state index is 0.100. The predicted octanol–water partition coefficient (Wildman–Crippen LogP) is 3.32. The summed E-state index contributed by atoms with van der Waals surface area (Å²) in [5.74, 6) is -2.76. The summed E-state index contributed by atoms with van der Waals surface area (Å²) in [6.07, 6.45) is 0.340. The van der Waals surface area contributed by atoms with Crippen molar-refractivity contribution in [3.05, 3.63) is 23.8 Å². The van der Waals surface area contributed by atoms with Crippen LogP contribution in [-0.4, -0.2) is 62.0 Å². The summed E-state index contributed by atoms with van der Waals surface area (Å²) in [6.45, 7) is 8.63. The molecule has 8 nitrogen and oxygen atoms in total. The highest BCUT2D eigenvalue weighted by molar-refractivity contribution is 8.14. The van der Waals surface area contributed by atoms with Crippen molar-refractivity contribution in [1.29, 1.82) is 0 Å². The van der Waals surface area contributed by atoms with E-state index in [4.69, 9.17) is 14.6 Å². The summed E-state index contributed by atoms with van der Waals surface area (Å²) in [4.78, 5) is 36.6. The number of nitrogens with one attached hydrogen (secondary N) is 1. The van der Waals surface area contributed by atoms with Gasteiger partial charge in [0.2, 0.25) is 0 Å². The Morgan fingerprint density at radius 2 is 1.93 bits per heavy atom. The maximum absolute atomic E-state index is 12.2. The van der Waals surface area contributed by atoms with Crippen LogP contribution < -0.4 is 5.32 Å². The number of halogens is 3. The number of hydrogen-bond donors (Lipinski definition) is 2. The number of carboxylic acids is 1. The van der Waals surface area contributed by atoms with Gasteiger partial charge >= 0.3 is 18.2 Å².